The average Bonchev–Trinajstić information content (AvgIpc) is 2.68. The van der Waals surface area contributed by atoms with Crippen molar-refractivity contribution in [1.82, 2.24) is 0 Å². The van der Waals surface area contributed by atoms with Gasteiger partial charge in [0, 0.05) is 15.9 Å². The lowest BCUT2D eigenvalue weighted by atomic mass is 10.2. The largest absolute Gasteiger partial charge is 0.197 e. The molecule has 17 heavy (non-hydrogen) atoms. The van der Waals surface area contributed by atoms with Gasteiger partial charge in [0.05, 0.1) is 12.1 Å². The van der Waals surface area contributed by atoms with E-state index in [-0.39, 0.29) is 9.49 Å². The van der Waals surface area contributed by atoms with Gasteiger partial charge in [-0.3, -0.25) is 0 Å². The van der Waals surface area contributed by atoms with Gasteiger partial charge in [-0.25, -0.2) is 0 Å². The van der Waals surface area contributed by atoms with E-state index in [4.69, 9.17) is 0 Å². The van der Waals surface area contributed by atoms with Gasteiger partial charge in [-0.15, -0.1) is 23.5 Å². The third kappa shape index (κ3) is 3.12. The van der Waals surface area contributed by atoms with Crippen molar-refractivity contribution in [3.8, 4) is 12.1 Å². The van der Waals surface area contributed by atoms with Crippen molar-refractivity contribution in [2.75, 3.05) is 0 Å². The molecule has 4 heteroatoms. The van der Waals surface area contributed by atoms with E-state index < -0.39 is 9.49 Å². The molecule has 0 N–H and O–H groups in total. The third-order valence-electron chi connectivity index (χ3n) is 2.35. The van der Waals surface area contributed by atoms with Crippen LogP contribution in [0, 0.1) is 22.7 Å². The second-order valence-electron chi connectivity index (χ2n) is 6.48. The Labute approximate surface area is 113 Å². The molecule has 1 aliphatic carbocycles. The number of rotatable bonds is 2. The summed E-state index contributed by atoms with van der Waals surface area (Å²) in [7, 11) is 0. The Morgan fingerprint density at radius 2 is 1.12 bits per heavy atom. The molecule has 94 valence electrons. The van der Waals surface area contributed by atoms with Crippen LogP contribution in [-0.2, 0) is 0 Å². The number of hydrogen-bond donors (Lipinski definition) is 0. The Kier molecular flexibility index (Phi) is 3.56. The zero-order valence-corrected chi connectivity index (χ0v) is 13.1. The van der Waals surface area contributed by atoms with E-state index in [1.807, 2.05) is 0 Å². The highest BCUT2D eigenvalue weighted by Crippen LogP contribution is 2.68. The summed E-state index contributed by atoms with van der Waals surface area (Å²) in [6.07, 6.45) is 0.677. The van der Waals surface area contributed by atoms with E-state index in [1.54, 1.807) is 23.5 Å². The van der Waals surface area contributed by atoms with Crippen molar-refractivity contribution in [2.45, 2.75) is 67.0 Å². The molecule has 0 heterocycles. The van der Waals surface area contributed by atoms with Crippen LogP contribution in [0.4, 0.5) is 0 Å². The van der Waals surface area contributed by atoms with Gasteiger partial charge in [-0.1, -0.05) is 41.5 Å². The van der Waals surface area contributed by atoms with Gasteiger partial charge < -0.3 is 0 Å². The Balaban J connectivity index is 2.95. The Bertz CT molecular complexity index is 354. The van der Waals surface area contributed by atoms with E-state index in [0.717, 1.165) is 0 Å². The molecule has 0 amide bonds. The lowest BCUT2D eigenvalue weighted by Gasteiger charge is -2.27. The molecule has 0 aromatic carbocycles. The second kappa shape index (κ2) is 4.11. The smallest absolute Gasteiger partial charge is 0.133 e. The van der Waals surface area contributed by atoms with Crippen molar-refractivity contribution < 1.29 is 0 Å². The van der Waals surface area contributed by atoms with Gasteiger partial charge in [0.25, 0.3) is 0 Å². The molecular formula is C13H20N2S2. The summed E-state index contributed by atoms with van der Waals surface area (Å²) in [6.45, 7) is 12.6. The van der Waals surface area contributed by atoms with Crippen LogP contribution < -0.4 is 0 Å². The molecule has 0 bridgehead atoms. The lowest BCUT2D eigenvalue weighted by Crippen LogP contribution is -2.27. The monoisotopic (exact) mass is 268 g/mol. The fourth-order valence-corrected chi connectivity index (χ4v) is 5.42. The third-order valence-corrected chi connectivity index (χ3v) is 5.57. The average molecular weight is 268 g/mol. The number of thioether (sulfide) groups is 2. The predicted molar refractivity (Wildman–Crippen MR) is 76.0 cm³/mol. The van der Waals surface area contributed by atoms with Crippen LogP contribution in [0.3, 0.4) is 0 Å². The maximum Gasteiger partial charge on any atom is 0.133 e. The molecule has 0 radical (unpaired) electrons. The summed E-state index contributed by atoms with van der Waals surface area (Å²) < 4.78 is -1.05. The van der Waals surface area contributed by atoms with E-state index in [1.165, 1.54) is 0 Å². The van der Waals surface area contributed by atoms with Crippen LogP contribution in [0.15, 0.2) is 0 Å². The summed E-state index contributed by atoms with van der Waals surface area (Å²) in [4.78, 5) is 0. The van der Waals surface area contributed by atoms with Gasteiger partial charge in [0.1, 0.15) is 9.49 Å². The van der Waals surface area contributed by atoms with Crippen molar-refractivity contribution in [3.63, 3.8) is 0 Å². The standard InChI is InChI=1S/C13H20N2S2/c1-10(2,3)16-12(8-14)7-13(12,9-15)17-11(4,5)6/h7H2,1-6H3/t12-,13-/m1/s1. The summed E-state index contributed by atoms with van der Waals surface area (Å²) in [5.74, 6) is 0. The fraction of sp³-hybridized carbons (Fsp3) is 0.846. The van der Waals surface area contributed by atoms with Crippen LogP contribution in [-0.4, -0.2) is 19.0 Å². The molecule has 0 unspecified atom stereocenters. The van der Waals surface area contributed by atoms with Crippen molar-refractivity contribution >= 4 is 23.5 Å². The molecule has 0 aromatic rings. The van der Waals surface area contributed by atoms with Crippen LogP contribution >= 0.6 is 23.5 Å². The topological polar surface area (TPSA) is 47.6 Å². The van der Waals surface area contributed by atoms with E-state index in [9.17, 15) is 10.5 Å². The minimum absolute atomic E-state index is 0.00672. The molecule has 1 aliphatic rings. The first-order chi connectivity index (χ1) is 7.49. The highest BCUT2D eigenvalue weighted by molar-refractivity contribution is 8.07. The molecule has 1 saturated carbocycles. The second-order valence-corrected chi connectivity index (χ2v) is 10.7. The molecule has 2 nitrogen and oxygen atoms in total. The maximum absolute atomic E-state index is 9.45. The minimum Gasteiger partial charge on any atom is -0.197 e. The lowest BCUT2D eigenvalue weighted by molar-refractivity contribution is 0.787. The van der Waals surface area contributed by atoms with Crippen LogP contribution in [0.1, 0.15) is 48.0 Å². The molecular weight excluding hydrogens is 248 g/mol. The van der Waals surface area contributed by atoms with Gasteiger partial charge in [0.2, 0.25) is 0 Å². The highest BCUT2D eigenvalue weighted by Gasteiger charge is 2.72. The zero-order valence-electron chi connectivity index (χ0n) is 11.4. The van der Waals surface area contributed by atoms with Crippen LogP contribution in [0.2, 0.25) is 0 Å². The molecule has 0 aliphatic heterocycles. The van der Waals surface area contributed by atoms with Gasteiger partial charge in [-0.05, 0) is 0 Å². The van der Waals surface area contributed by atoms with Crippen molar-refractivity contribution in [3.05, 3.63) is 0 Å². The molecule has 2 atom stereocenters. The zero-order chi connectivity index (χ0) is 13.5. The summed E-state index contributed by atoms with van der Waals surface area (Å²) in [5, 5.41) is 18.9. The Morgan fingerprint density at radius 1 is 0.824 bits per heavy atom. The van der Waals surface area contributed by atoms with Crippen LogP contribution in [0.5, 0.6) is 0 Å². The van der Waals surface area contributed by atoms with Crippen molar-refractivity contribution in [2.24, 2.45) is 0 Å². The van der Waals surface area contributed by atoms with Gasteiger partial charge >= 0.3 is 0 Å². The molecule has 1 fully saturated rings. The highest BCUT2D eigenvalue weighted by atomic mass is 32.2. The van der Waals surface area contributed by atoms with Gasteiger partial charge in [-0.2, -0.15) is 10.5 Å². The maximum atomic E-state index is 9.45. The van der Waals surface area contributed by atoms with E-state index in [2.05, 4.69) is 53.7 Å². The van der Waals surface area contributed by atoms with Crippen molar-refractivity contribution in [1.29, 1.82) is 10.5 Å². The SMILES string of the molecule is CC(C)(C)S[C@@]1(C#N)C[C@]1(C#N)SC(C)(C)C. The Morgan fingerprint density at radius 3 is 1.29 bits per heavy atom. The molecule has 0 saturated heterocycles. The molecule has 0 aromatic heterocycles. The van der Waals surface area contributed by atoms with E-state index in [0.29, 0.717) is 6.42 Å². The number of hydrogen-bond acceptors (Lipinski definition) is 4. The predicted octanol–water partition coefficient (Wildman–Crippen LogP) is 3.98. The first kappa shape index (κ1) is 14.7. The van der Waals surface area contributed by atoms with Crippen LogP contribution in [0.25, 0.3) is 0 Å². The first-order valence-electron chi connectivity index (χ1n) is 5.72. The summed E-state index contributed by atoms with van der Waals surface area (Å²) in [6, 6.07) is 4.79. The van der Waals surface area contributed by atoms with Gasteiger partial charge in [0.15, 0.2) is 0 Å². The summed E-state index contributed by atoms with van der Waals surface area (Å²) >= 11 is 3.28. The summed E-state index contributed by atoms with van der Waals surface area (Å²) in [5.41, 5.74) is 0. The normalized spacial score (nSPS) is 32.7. The number of nitriles is 2. The van der Waals surface area contributed by atoms with E-state index >= 15 is 0 Å². The Hall–Kier alpha value is -0.320. The molecule has 0 spiro atoms. The minimum atomic E-state index is -0.530. The molecule has 1 rings (SSSR count). The first-order valence-corrected chi connectivity index (χ1v) is 7.35. The number of nitrogens with zero attached hydrogens (tertiary/aromatic N) is 2. The fourth-order valence-electron chi connectivity index (χ4n) is 1.89. The quantitative estimate of drug-likeness (QED) is 0.760.